The molecule has 7 heteroatoms. The summed E-state index contributed by atoms with van der Waals surface area (Å²) in [6, 6.07) is 0. The van der Waals surface area contributed by atoms with Gasteiger partial charge < -0.3 is 15.5 Å². The number of guanidine groups is 1. The summed E-state index contributed by atoms with van der Waals surface area (Å²) in [5.74, 6) is 0.580. The van der Waals surface area contributed by atoms with E-state index in [-0.39, 0.29) is 18.3 Å². The Morgan fingerprint density at radius 2 is 2.11 bits per heavy atom. The number of piperazine rings is 1. The van der Waals surface area contributed by atoms with Crippen molar-refractivity contribution in [1.29, 1.82) is 0 Å². The monoisotopic (exact) mass is 286 g/mol. The average molecular weight is 287 g/mol. The first-order valence-corrected chi connectivity index (χ1v) is 6.63. The number of amides is 1. The first-order valence-electron chi connectivity index (χ1n) is 5.75. The highest BCUT2D eigenvalue weighted by atomic mass is 35.5. The lowest BCUT2D eigenvalue weighted by Gasteiger charge is -2.28. The molecule has 0 saturated carbocycles. The zero-order valence-electron chi connectivity index (χ0n) is 9.81. The SMILES string of the molecule is Cl.O=C1N=C(N2CCNCC2)NC1=C1CC=CS1. The number of nitrogens with zero attached hydrogens (tertiary/aromatic N) is 2. The van der Waals surface area contributed by atoms with Crippen LogP contribution < -0.4 is 10.6 Å². The van der Waals surface area contributed by atoms with Crippen molar-refractivity contribution < 1.29 is 4.79 Å². The maximum atomic E-state index is 11.8. The predicted octanol–water partition coefficient (Wildman–Crippen LogP) is 0.661. The highest BCUT2D eigenvalue weighted by Crippen LogP contribution is 2.31. The minimum atomic E-state index is -0.135. The van der Waals surface area contributed by atoms with E-state index in [9.17, 15) is 4.79 Å². The molecule has 2 N–H and O–H groups in total. The van der Waals surface area contributed by atoms with Crippen LogP contribution in [0.1, 0.15) is 6.42 Å². The molecule has 98 valence electrons. The summed E-state index contributed by atoms with van der Waals surface area (Å²) in [6.45, 7) is 3.68. The van der Waals surface area contributed by atoms with Gasteiger partial charge in [-0.15, -0.1) is 24.2 Å². The number of nitrogens with one attached hydrogen (secondary N) is 2. The van der Waals surface area contributed by atoms with Gasteiger partial charge in [-0.25, -0.2) is 0 Å². The standard InChI is InChI=1S/C11H14N4OS.ClH/c16-10-9(8-2-1-7-17-8)13-11(14-10)15-5-3-12-4-6-15;/h1,7,12H,2-6H2,(H,13,14,16);1H. The highest BCUT2D eigenvalue weighted by Gasteiger charge is 2.28. The van der Waals surface area contributed by atoms with E-state index in [0.29, 0.717) is 11.7 Å². The van der Waals surface area contributed by atoms with Gasteiger partial charge in [0.15, 0.2) is 0 Å². The molecule has 0 aromatic carbocycles. The van der Waals surface area contributed by atoms with E-state index in [1.165, 1.54) is 0 Å². The molecule has 18 heavy (non-hydrogen) atoms. The van der Waals surface area contributed by atoms with E-state index in [0.717, 1.165) is 37.5 Å². The zero-order chi connectivity index (χ0) is 11.7. The molecular formula is C11H15ClN4OS. The summed E-state index contributed by atoms with van der Waals surface area (Å²) in [7, 11) is 0. The lowest BCUT2D eigenvalue weighted by Crippen LogP contribution is -2.49. The van der Waals surface area contributed by atoms with Gasteiger partial charge in [-0.05, 0) is 11.8 Å². The zero-order valence-corrected chi connectivity index (χ0v) is 11.4. The Bertz CT molecular complexity index is 430. The molecule has 0 aliphatic carbocycles. The fourth-order valence-corrected chi connectivity index (χ4v) is 2.86. The molecule has 0 aromatic rings. The lowest BCUT2D eigenvalue weighted by molar-refractivity contribution is -0.114. The van der Waals surface area contributed by atoms with E-state index >= 15 is 0 Å². The molecule has 3 aliphatic rings. The number of carbonyl (C=O) groups excluding carboxylic acids is 1. The Balaban J connectivity index is 0.00000120. The second kappa shape index (κ2) is 5.77. The second-order valence-corrected chi connectivity index (χ2v) is 5.10. The molecule has 1 saturated heterocycles. The van der Waals surface area contributed by atoms with Crippen LogP contribution in [0.25, 0.3) is 0 Å². The van der Waals surface area contributed by atoms with Crippen LogP contribution in [-0.4, -0.2) is 42.9 Å². The Kier molecular flexibility index (Phi) is 4.31. The van der Waals surface area contributed by atoms with Crippen molar-refractivity contribution in [3.05, 3.63) is 22.1 Å². The van der Waals surface area contributed by atoms with Crippen LogP contribution in [0.3, 0.4) is 0 Å². The van der Waals surface area contributed by atoms with Crippen molar-refractivity contribution in [1.82, 2.24) is 15.5 Å². The molecule has 0 bridgehead atoms. The van der Waals surface area contributed by atoms with Crippen molar-refractivity contribution in [3.8, 4) is 0 Å². The first kappa shape index (κ1) is 13.5. The van der Waals surface area contributed by atoms with Crippen LogP contribution in [0.5, 0.6) is 0 Å². The molecule has 1 fully saturated rings. The van der Waals surface area contributed by atoms with E-state index < -0.39 is 0 Å². The molecule has 1 amide bonds. The van der Waals surface area contributed by atoms with E-state index in [2.05, 4.69) is 26.6 Å². The van der Waals surface area contributed by atoms with Crippen LogP contribution in [0.4, 0.5) is 0 Å². The number of allylic oxidation sites excluding steroid dienone is 2. The summed E-state index contributed by atoms with van der Waals surface area (Å²) in [5, 5.41) is 8.46. The van der Waals surface area contributed by atoms with Crippen LogP contribution in [0, 0.1) is 0 Å². The molecule has 0 spiro atoms. The van der Waals surface area contributed by atoms with Crippen LogP contribution in [-0.2, 0) is 4.79 Å². The Labute approximate surface area is 116 Å². The Morgan fingerprint density at radius 1 is 1.33 bits per heavy atom. The normalized spacial score (nSPS) is 27.0. The second-order valence-electron chi connectivity index (χ2n) is 4.09. The molecule has 5 nitrogen and oxygen atoms in total. The van der Waals surface area contributed by atoms with Gasteiger partial charge in [0.25, 0.3) is 5.91 Å². The number of halogens is 1. The van der Waals surface area contributed by atoms with Crippen molar-refractivity contribution in [3.63, 3.8) is 0 Å². The summed E-state index contributed by atoms with van der Waals surface area (Å²) in [4.78, 5) is 19.1. The van der Waals surface area contributed by atoms with Crippen LogP contribution >= 0.6 is 24.2 Å². The molecular weight excluding hydrogens is 272 g/mol. The van der Waals surface area contributed by atoms with E-state index in [1.807, 2.05) is 5.41 Å². The molecule has 3 aliphatic heterocycles. The number of rotatable bonds is 0. The topological polar surface area (TPSA) is 56.7 Å². The number of hydrogen-bond donors (Lipinski definition) is 2. The fourth-order valence-electron chi connectivity index (χ4n) is 2.06. The van der Waals surface area contributed by atoms with E-state index in [1.54, 1.807) is 11.8 Å². The number of hydrogen-bond acceptors (Lipinski definition) is 5. The quantitative estimate of drug-likeness (QED) is 0.641. The molecule has 0 atom stereocenters. The van der Waals surface area contributed by atoms with Crippen LogP contribution in [0.2, 0.25) is 0 Å². The van der Waals surface area contributed by atoms with Gasteiger partial charge in [-0.3, -0.25) is 4.79 Å². The summed E-state index contributed by atoms with van der Waals surface area (Å²) < 4.78 is 0. The minimum Gasteiger partial charge on any atom is -0.340 e. The first-order chi connectivity index (χ1) is 8.34. The van der Waals surface area contributed by atoms with Gasteiger partial charge in [0.1, 0.15) is 5.70 Å². The molecule has 3 heterocycles. The van der Waals surface area contributed by atoms with Crippen molar-refractivity contribution in [2.24, 2.45) is 4.99 Å². The fraction of sp³-hybridized carbons (Fsp3) is 0.455. The third kappa shape index (κ3) is 2.55. The Hall–Kier alpha value is -0.980. The maximum Gasteiger partial charge on any atom is 0.297 e. The molecule has 0 unspecified atom stereocenters. The number of aliphatic imine (C=N–C) groups is 1. The predicted molar refractivity (Wildman–Crippen MR) is 75.6 cm³/mol. The third-order valence-electron chi connectivity index (χ3n) is 2.96. The van der Waals surface area contributed by atoms with Crippen molar-refractivity contribution in [2.45, 2.75) is 6.42 Å². The van der Waals surface area contributed by atoms with Gasteiger partial charge in [0.05, 0.1) is 0 Å². The van der Waals surface area contributed by atoms with Crippen molar-refractivity contribution in [2.75, 3.05) is 26.2 Å². The van der Waals surface area contributed by atoms with Gasteiger partial charge in [0, 0.05) is 31.1 Å². The van der Waals surface area contributed by atoms with Gasteiger partial charge in [-0.1, -0.05) is 6.08 Å². The third-order valence-corrected chi connectivity index (χ3v) is 3.95. The van der Waals surface area contributed by atoms with E-state index in [4.69, 9.17) is 0 Å². The highest BCUT2D eigenvalue weighted by molar-refractivity contribution is 8.06. The number of thioether (sulfide) groups is 1. The van der Waals surface area contributed by atoms with Gasteiger partial charge in [-0.2, -0.15) is 4.99 Å². The Morgan fingerprint density at radius 3 is 2.78 bits per heavy atom. The van der Waals surface area contributed by atoms with Crippen molar-refractivity contribution >= 4 is 36.0 Å². The average Bonchev–Trinajstić information content (AvgIpc) is 2.99. The molecule has 0 radical (unpaired) electrons. The summed E-state index contributed by atoms with van der Waals surface area (Å²) in [6.07, 6.45) is 2.90. The maximum absolute atomic E-state index is 11.8. The minimum absolute atomic E-state index is 0. The van der Waals surface area contributed by atoms with Gasteiger partial charge in [0.2, 0.25) is 5.96 Å². The largest absolute Gasteiger partial charge is 0.340 e. The summed E-state index contributed by atoms with van der Waals surface area (Å²) >= 11 is 1.60. The smallest absolute Gasteiger partial charge is 0.297 e. The lowest BCUT2D eigenvalue weighted by atomic mass is 10.3. The molecule has 3 rings (SSSR count). The van der Waals surface area contributed by atoms with Gasteiger partial charge >= 0.3 is 0 Å². The summed E-state index contributed by atoms with van der Waals surface area (Å²) in [5.41, 5.74) is 0.661. The molecule has 0 aromatic heterocycles. The van der Waals surface area contributed by atoms with Crippen LogP contribution in [0.15, 0.2) is 27.1 Å². The number of carbonyl (C=O) groups is 1.